The monoisotopic (exact) mass is 80.1 g/mol. The molecule has 0 aromatic rings. The Kier molecular flexibility index (Phi) is 0.506. The van der Waals surface area contributed by atoms with E-state index in [-0.39, 0.29) is 18.0 Å². The van der Waals surface area contributed by atoms with Crippen LogP contribution in [0.3, 0.4) is 0 Å². The largest absolute Gasteiger partial charge is 0.377 e. The van der Waals surface area contributed by atoms with E-state index in [1.807, 2.05) is 0 Å². The molecule has 3 nitrogen and oxygen atoms in total. The van der Waals surface area contributed by atoms with Crippen molar-refractivity contribution in [3.8, 4) is 0 Å². The number of aliphatic hydroxyl groups excluding tert-OH is 1. The molecule has 0 aromatic carbocycles. The van der Waals surface area contributed by atoms with Gasteiger partial charge >= 0.3 is 0 Å². The van der Waals surface area contributed by atoms with Crippen LogP contribution in [0.15, 0.2) is 0 Å². The molecule has 0 aliphatic carbocycles. The molecule has 0 radical (unpaired) electrons. The Bertz CT molecular complexity index is 79.0. The predicted molar refractivity (Wildman–Crippen MR) is 19.2 cm³/mol. The fourth-order valence-electron chi connectivity index (χ4n) is 0. The summed E-state index contributed by atoms with van der Waals surface area (Å²) in [4.78, 5) is 0. The third-order valence-corrected chi connectivity index (χ3v) is 0.163. The fourth-order valence-corrected chi connectivity index (χ4v) is 0. The van der Waals surface area contributed by atoms with Gasteiger partial charge in [0.2, 0.25) is 0 Å². The second-order valence-corrected chi connectivity index (χ2v) is 0.663. The van der Waals surface area contributed by atoms with E-state index in [1.54, 1.807) is 0 Å². The average Bonchev–Trinajstić information content (AvgIpc) is 1.63. The van der Waals surface area contributed by atoms with Crippen molar-refractivity contribution in [2.75, 3.05) is 6.54 Å². The van der Waals surface area contributed by atoms with E-state index in [0.717, 1.165) is 0 Å². The zero-order valence-electron chi connectivity index (χ0n) is 6.63. The van der Waals surface area contributed by atoms with Gasteiger partial charge in [0.05, 0.1) is 0 Å². The quantitative estimate of drug-likeness (QED) is 0.351. The molecule has 0 saturated carbocycles. The van der Waals surface area contributed by atoms with Gasteiger partial charge in [-0.05, 0) is 0 Å². The van der Waals surface area contributed by atoms with Gasteiger partial charge in [-0.2, -0.15) is 0 Å². The number of hydrogen-bond acceptors (Lipinski definition) is 3. The Hall–Kier alpha value is -0.120. The van der Waals surface area contributed by atoms with Crippen LogP contribution in [0.1, 0.15) is 0 Å². The maximum atomic E-state index is 8.57. The van der Waals surface area contributed by atoms with Gasteiger partial charge in [0.15, 0.2) is 0 Å². The third kappa shape index (κ3) is 3.88. The van der Waals surface area contributed by atoms with Gasteiger partial charge in [0.1, 0.15) is 11.9 Å². The number of rotatable bonds is 3. The number of aliphatic hydroxyl groups is 1. The van der Waals surface area contributed by atoms with Crippen LogP contribution in [0, 0.1) is 0 Å². The Balaban J connectivity index is 3.38. The van der Waals surface area contributed by atoms with Gasteiger partial charge in [0, 0.05) is 6.54 Å². The van der Waals surface area contributed by atoms with E-state index in [1.165, 1.54) is 0 Å². The molecule has 5 N–H and O–H groups in total. The Morgan fingerprint density at radius 2 is 3.00 bits per heavy atom. The first kappa shape index (κ1) is 1.18. The number of hydrogen-bond donors (Lipinski definition) is 3. The summed E-state index contributed by atoms with van der Waals surface area (Å²) >= 11 is 0. The lowest BCUT2D eigenvalue weighted by Crippen LogP contribution is -2.28. The van der Waals surface area contributed by atoms with E-state index < -0.39 is 6.23 Å². The van der Waals surface area contributed by atoms with Crippen molar-refractivity contribution in [1.29, 1.82) is 0 Å². The second-order valence-electron chi connectivity index (χ2n) is 0.663. The minimum Gasteiger partial charge on any atom is -0.377 e. The Labute approximate surface area is 36.4 Å². The molecule has 0 bridgehead atoms. The molecule has 0 heterocycles. The zero-order chi connectivity index (χ0) is 7.44. The predicted octanol–water partition coefficient (Wildman–Crippen LogP) is -1.78. The Morgan fingerprint density at radius 1 is 2.20 bits per heavy atom. The van der Waals surface area contributed by atoms with Crippen molar-refractivity contribution in [1.82, 2.24) is 0 Å². The van der Waals surface area contributed by atoms with Crippen molar-refractivity contribution in [2.24, 2.45) is 11.4 Å². The zero-order valence-corrected chi connectivity index (χ0v) is 2.63. The first-order chi connectivity index (χ1) is 4.04. The maximum Gasteiger partial charge on any atom is 0.121 e. The molecule has 0 aliphatic heterocycles. The molecule has 0 fully saturated rings. The molecule has 0 rings (SSSR count). The van der Waals surface area contributed by atoms with Crippen LogP contribution in [-0.2, 0) is 0 Å². The van der Waals surface area contributed by atoms with Gasteiger partial charge in [-0.3, -0.25) is 0 Å². The fraction of sp³-hybridized carbons (Fsp3) is 1.00. The van der Waals surface area contributed by atoms with E-state index >= 15 is 0 Å². The Morgan fingerprint density at radius 3 is 3.20 bits per heavy atom. The standard InChI is InChI=1S/C2H8N2O/c3-1-2(4)5/h2,5H,1,3-4H2/i/hD4. The highest BCUT2D eigenvalue weighted by molar-refractivity contribution is 4.37. The summed E-state index contributed by atoms with van der Waals surface area (Å²) in [5, 5.41) is 8.57. The minimum atomic E-state index is -1.39. The van der Waals surface area contributed by atoms with Crippen LogP contribution in [-0.4, -0.2) is 17.9 Å². The van der Waals surface area contributed by atoms with Crippen LogP contribution in [0.5, 0.6) is 0 Å². The van der Waals surface area contributed by atoms with Crippen LogP contribution in [0.25, 0.3) is 0 Å². The lowest BCUT2D eigenvalue weighted by atomic mass is 10.6. The molecule has 5 heavy (non-hydrogen) atoms. The van der Waals surface area contributed by atoms with Crippen molar-refractivity contribution >= 4 is 0 Å². The van der Waals surface area contributed by atoms with Crippen molar-refractivity contribution in [3.05, 3.63) is 0 Å². The van der Waals surface area contributed by atoms with Crippen LogP contribution in [0.2, 0.25) is 5.65 Å². The van der Waals surface area contributed by atoms with Crippen LogP contribution >= 0.6 is 0 Å². The summed E-state index contributed by atoms with van der Waals surface area (Å²) in [5.74, 6) is 0. The summed E-state index contributed by atoms with van der Waals surface area (Å²) in [7, 11) is 0. The van der Waals surface area contributed by atoms with Crippen molar-refractivity contribution < 1.29 is 10.8 Å². The number of nitrogens with two attached hydrogens (primary N) is 2. The SMILES string of the molecule is [2H]N([2H])CC(O)N([2H])[2H]. The molecule has 32 valence electrons. The molecular weight excluding hydrogens is 68.0 g/mol. The van der Waals surface area contributed by atoms with Gasteiger partial charge in [0.25, 0.3) is 0 Å². The lowest BCUT2D eigenvalue weighted by molar-refractivity contribution is 0.191. The molecule has 0 amide bonds. The topological polar surface area (TPSA) is 72.3 Å². The molecule has 0 aliphatic rings. The minimum absolute atomic E-state index is 0.0378. The van der Waals surface area contributed by atoms with E-state index in [9.17, 15) is 0 Å². The van der Waals surface area contributed by atoms with Gasteiger partial charge in [-0.15, -0.1) is 0 Å². The third-order valence-electron chi connectivity index (χ3n) is 0.163. The van der Waals surface area contributed by atoms with E-state index in [2.05, 4.69) is 0 Å². The molecule has 1 atom stereocenters. The van der Waals surface area contributed by atoms with Gasteiger partial charge in [-0.25, -0.2) is 0 Å². The van der Waals surface area contributed by atoms with Crippen molar-refractivity contribution in [2.45, 2.75) is 6.23 Å². The highest BCUT2D eigenvalue weighted by atomic mass is 16.3. The summed E-state index contributed by atoms with van der Waals surface area (Å²) in [6, 6.07) is 0. The lowest BCUT2D eigenvalue weighted by Gasteiger charge is -1.91. The van der Waals surface area contributed by atoms with Crippen LogP contribution in [0.4, 0.5) is 0 Å². The van der Waals surface area contributed by atoms with Gasteiger partial charge in [-0.1, -0.05) is 0 Å². The van der Waals surface area contributed by atoms with E-state index in [4.69, 9.17) is 10.8 Å². The van der Waals surface area contributed by atoms with Gasteiger partial charge < -0.3 is 16.5 Å². The first-order valence-corrected chi connectivity index (χ1v) is 1.24. The second kappa shape index (κ2) is 2.14. The average molecular weight is 80.1 g/mol. The molecular formula is C2H8N2O. The highest BCUT2D eigenvalue weighted by Crippen LogP contribution is 1.51. The van der Waals surface area contributed by atoms with E-state index in [0.29, 0.717) is 0 Å². The molecule has 0 spiro atoms. The molecule has 3 heteroatoms. The van der Waals surface area contributed by atoms with Crippen molar-refractivity contribution in [3.63, 3.8) is 0 Å². The highest BCUT2D eigenvalue weighted by Gasteiger charge is 1.81. The summed E-state index contributed by atoms with van der Waals surface area (Å²) in [5.41, 5.74) is 0.247. The normalized spacial score (nSPS) is 27.8. The molecule has 0 saturated heterocycles. The summed E-state index contributed by atoms with van der Waals surface area (Å²) in [6.07, 6.45) is -1.39. The molecule has 0 aromatic heterocycles. The van der Waals surface area contributed by atoms with Crippen LogP contribution < -0.4 is 11.4 Å². The summed E-state index contributed by atoms with van der Waals surface area (Å²) in [6.45, 7) is -0.354. The first-order valence-electron chi connectivity index (χ1n) is 3.03. The smallest absolute Gasteiger partial charge is 0.121 e. The summed E-state index contributed by atoms with van der Waals surface area (Å²) < 4.78 is 25.8. The molecule has 1 unspecified atom stereocenters. The maximum absolute atomic E-state index is 8.57.